The van der Waals surface area contributed by atoms with E-state index < -0.39 is 4.92 Å². The molecule has 0 unspecified atom stereocenters. The van der Waals surface area contributed by atoms with Crippen molar-refractivity contribution in [1.82, 2.24) is 0 Å². The van der Waals surface area contributed by atoms with Crippen molar-refractivity contribution in [2.45, 2.75) is 0 Å². The Balaban J connectivity index is 3.66. The Labute approximate surface area is 109 Å². The van der Waals surface area contributed by atoms with Crippen molar-refractivity contribution in [2.24, 2.45) is 0 Å². The highest BCUT2D eigenvalue weighted by Gasteiger charge is 2.21. The Morgan fingerprint density at radius 3 is 2.37 bits per heavy atom. The average molecular weight is 259 g/mol. The van der Waals surface area contributed by atoms with Crippen LogP contribution in [0.5, 0.6) is 11.5 Å². The zero-order chi connectivity index (χ0) is 14.4. The SMILES string of the molecule is COc1ccc([N+](=O)[O-])c(C=C(C#N)C#N)c1OC. The Hall–Kier alpha value is -3.06. The van der Waals surface area contributed by atoms with Gasteiger partial charge in [-0.05, 0) is 12.1 Å². The van der Waals surface area contributed by atoms with Crippen LogP contribution in [0.25, 0.3) is 6.08 Å². The fraction of sp³-hybridized carbons (Fsp3) is 0.167. The molecule has 0 aliphatic carbocycles. The predicted molar refractivity (Wildman–Crippen MR) is 65.4 cm³/mol. The largest absolute Gasteiger partial charge is 0.493 e. The average Bonchev–Trinajstić information content (AvgIpc) is 2.43. The first-order chi connectivity index (χ1) is 9.08. The molecule has 7 heteroatoms. The number of benzene rings is 1. The maximum Gasteiger partial charge on any atom is 0.280 e. The third kappa shape index (κ3) is 2.79. The molecule has 0 saturated heterocycles. The van der Waals surface area contributed by atoms with Gasteiger partial charge in [0.15, 0.2) is 11.5 Å². The minimum Gasteiger partial charge on any atom is -0.493 e. The van der Waals surface area contributed by atoms with E-state index in [4.69, 9.17) is 20.0 Å². The van der Waals surface area contributed by atoms with E-state index in [0.717, 1.165) is 6.08 Å². The molecular weight excluding hydrogens is 250 g/mol. The maximum atomic E-state index is 11.0. The zero-order valence-electron chi connectivity index (χ0n) is 10.2. The van der Waals surface area contributed by atoms with Gasteiger partial charge in [0.05, 0.1) is 19.1 Å². The second-order valence-electron chi connectivity index (χ2n) is 3.27. The van der Waals surface area contributed by atoms with Crippen LogP contribution in [0.4, 0.5) is 5.69 Å². The van der Waals surface area contributed by atoms with Crippen molar-refractivity contribution in [1.29, 1.82) is 10.5 Å². The van der Waals surface area contributed by atoms with E-state index in [0.29, 0.717) is 0 Å². The lowest BCUT2D eigenvalue weighted by Gasteiger charge is -2.10. The Morgan fingerprint density at radius 2 is 1.95 bits per heavy atom. The van der Waals surface area contributed by atoms with Gasteiger partial charge in [-0.25, -0.2) is 0 Å². The first-order valence-electron chi connectivity index (χ1n) is 5.00. The van der Waals surface area contributed by atoms with Crippen LogP contribution in [0.3, 0.4) is 0 Å². The number of nitro groups is 1. The summed E-state index contributed by atoms with van der Waals surface area (Å²) in [7, 11) is 2.70. The summed E-state index contributed by atoms with van der Waals surface area (Å²) < 4.78 is 10.1. The molecule has 0 amide bonds. The van der Waals surface area contributed by atoms with Crippen LogP contribution in [-0.2, 0) is 0 Å². The van der Waals surface area contributed by atoms with Crippen molar-refractivity contribution in [2.75, 3.05) is 14.2 Å². The number of rotatable bonds is 4. The Morgan fingerprint density at radius 1 is 1.32 bits per heavy atom. The van der Waals surface area contributed by atoms with Gasteiger partial charge in [0, 0.05) is 6.07 Å². The van der Waals surface area contributed by atoms with Crippen LogP contribution >= 0.6 is 0 Å². The standard InChI is InChI=1S/C12H9N3O4/c1-18-11-4-3-10(15(16)17)9(12(11)19-2)5-8(6-13)7-14/h3-5H,1-2H3. The monoisotopic (exact) mass is 259 g/mol. The van der Waals surface area contributed by atoms with Crippen LogP contribution in [0.1, 0.15) is 5.56 Å². The van der Waals surface area contributed by atoms with Gasteiger partial charge in [0.1, 0.15) is 23.3 Å². The normalized spacial score (nSPS) is 8.84. The Kier molecular flexibility index (Phi) is 4.44. The van der Waals surface area contributed by atoms with Crippen LogP contribution in [-0.4, -0.2) is 19.1 Å². The zero-order valence-corrected chi connectivity index (χ0v) is 10.2. The van der Waals surface area contributed by atoms with Crippen LogP contribution in [0.2, 0.25) is 0 Å². The Bertz CT molecular complexity index is 607. The molecule has 1 aromatic carbocycles. The molecular formula is C12H9N3O4. The summed E-state index contributed by atoms with van der Waals surface area (Å²) in [5.74, 6) is 0.370. The predicted octanol–water partition coefficient (Wildman–Crippen LogP) is 2.04. The first kappa shape index (κ1) is 14.0. The molecule has 0 saturated carbocycles. The van der Waals surface area contributed by atoms with Gasteiger partial charge in [0.2, 0.25) is 0 Å². The molecule has 0 bridgehead atoms. The number of ether oxygens (including phenoxy) is 2. The molecule has 7 nitrogen and oxygen atoms in total. The van der Waals surface area contributed by atoms with Crippen LogP contribution < -0.4 is 9.47 Å². The third-order valence-corrected chi connectivity index (χ3v) is 2.29. The van der Waals surface area contributed by atoms with Gasteiger partial charge in [0.25, 0.3) is 5.69 Å². The molecule has 0 aliphatic heterocycles. The van der Waals surface area contributed by atoms with Crippen molar-refractivity contribution in [3.63, 3.8) is 0 Å². The lowest BCUT2D eigenvalue weighted by atomic mass is 10.1. The number of nitro benzene ring substituents is 1. The van der Waals surface area contributed by atoms with Gasteiger partial charge in [-0.15, -0.1) is 0 Å². The summed E-state index contributed by atoms with van der Waals surface area (Å²) >= 11 is 0. The summed E-state index contributed by atoms with van der Waals surface area (Å²) in [5, 5.41) is 28.4. The second-order valence-corrected chi connectivity index (χ2v) is 3.27. The molecule has 0 N–H and O–H groups in total. The minimum atomic E-state index is -0.625. The van der Waals surface area contributed by atoms with Crippen LogP contribution in [0.15, 0.2) is 17.7 Å². The smallest absolute Gasteiger partial charge is 0.280 e. The van der Waals surface area contributed by atoms with E-state index >= 15 is 0 Å². The highest BCUT2D eigenvalue weighted by atomic mass is 16.6. The number of methoxy groups -OCH3 is 2. The van der Waals surface area contributed by atoms with Crippen molar-refractivity contribution in [3.8, 4) is 23.6 Å². The topological polar surface area (TPSA) is 109 Å². The fourth-order valence-corrected chi connectivity index (χ4v) is 1.47. The van der Waals surface area contributed by atoms with E-state index in [1.165, 1.54) is 26.4 Å². The van der Waals surface area contributed by atoms with Gasteiger partial charge >= 0.3 is 0 Å². The molecule has 0 aromatic heterocycles. The number of nitriles is 2. The van der Waals surface area contributed by atoms with Gasteiger partial charge in [-0.1, -0.05) is 0 Å². The van der Waals surface area contributed by atoms with E-state index in [9.17, 15) is 10.1 Å². The van der Waals surface area contributed by atoms with Gasteiger partial charge < -0.3 is 9.47 Å². The first-order valence-corrected chi connectivity index (χ1v) is 5.00. The van der Waals surface area contributed by atoms with Crippen molar-refractivity contribution < 1.29 is 14.4 Å². The summed E-state index contributed by atoms with van der Waals surface area (Å²) in [6.07, 6.45) is 1.10. The molecule has 1 rings (SSSR count). The van der Waals surface area contributed by atoms with E-state index in [1.807, 2.05) is 0 Å². The van der Waals surface area contributed by atoms with Crippen molar-refractivity contribution in [3.05, 3.63) is 33.4 Å². The second kappa shape index (κ2) is 6.03. The molecule has 19 heavy (non-hydrogen) atoms. The summed E-state index contributed by atoms with van der Waals surface area (Å²) in [4.78, 5) is 10.3. The maximum absolute atomic E-state index is 11.0. The molecule has 0 atom stereocenters. The highest BCUT2D eigenvalue weighted by Crippen LogP contribution is 2.38. The van der Waals surface area contributed by atoms with E-state index in [2.05, 4.69) is 0 Å². The lowest BCUT2D eigenvalue weighted by molar-refractivity contribution is -0.385. The van der Waals surface area contributed by atoms with E-state index in [1.54, 1.807) is 12.1 Å². The summed E-state index contributed by atoms with van der Waals surface area (Å²) in [6.45, 7) is 0. The quantitative estimate of drug-likeness (QED) is 0.465. The highest BCUT2D eigenvalue weighted by molar-refractivity contribution is 5.75. The lowest BCUT2D eigenvalue weighted by Crippen LogP contribution is -1.98. The molecule has 0 heterocycles. The molecule has 0 radical (unpaired) electrons. The molecule has 0 spiro atoms. The van der Waals surface area contributed by atoms with Gasteiger partial charge in [-0.3, -0.25) is 10.1 Å². The number of hydrogen-bond donors (Lipinski definition) is 0. The van der Waals surface area contributed by atoms with E-state index in [-0.39, 0.29) is 28.3 Å². The van der Waals surface area contributed by atoms with Crippen molar-refractivity contribution >= 4 is 11.8 Å². The summed E-state index contributed by atoms with van der Waals surface area (Å²) in [6, 6.07) is 5.88. The number of nitrogens with zero attached hydrogens (tertiary/aromatic N) is 3. The minimum absolute atomic E-state index is 0.0185. The van der Waals surface area contributed by atoms with Crippen LogP contribution in [0, 0.1) is 32.8 Å². The number of hydrogen-bond acceptors (Lipinski definition) is 6. The molecule has 1 aromatic rings. The number of allylic oxidation sites excluding steroid dienone is 1. The third-order valence-electron chi connectivity index (χ3n) is 2.29. The van der Waals surface area contributed by atoms with Gasteiger partial charge in [-0.2, -0.15) is 10.5 Å². The molecule has 96 valence electrons. The fourth-order valence-electron chi connectivity index (χ4n) is 1.47. The molecule has 0 aliphatic rings. The molecule has 0 fully saturated rings. The summed E-state index contributed by atoms with van der Waals surface area (Å²) in [5.41, 5.74) is -0.528.